The van der Waals surface area contributed by atoms with Gasteiger partial charge in [0.05, 0.1) is 53.1 Å². The second kappa shape index (κ2) is 11.3. The van der Waals surface area contributed by atoms with Crippen LogP contribution in [0.2, 0.25) is 0 Å². The van der Waals surface area contributed by atoms with E-state index >= 15 is 0 Å². The molecule has 0 aliphatic carbocycles. The first-order valence-electron chi connectivity index (χ1n) is 11.8. The summed E-state index contributed by atoms with van der Waals surface area (Å²) in [5.74, 6) is 0.170. The Hall–Kier alpha value is -3.52. The molecule has 2 aromatic rings. The number of benzene rings is 2. The lowest BCUT2D eigenvalue weighted by molar-refractivity contribution is -0.858. The molecular weight excluding hydrogens is 448 g/mol. The summed E-state index contributed by atoms with van der Waals surface area (Å²) >= 11 is 0. The Labute approximate surface area is 206 Å². The number of nitrogens with one attached hydrogen (secondary N) is 1. The number of amides is 1. The van der Waals surface area contributed by atoms with Crippen LogP contribution in [0.4, 0.5) is 0 Å². The highest BCUT2D eigenvalue weighted by molar-refractivity contribution is 6.46. The quantitative estimate of drug-likeness (QED) is 0.306. The van der Waals surface area contributed by atoms with E-state index in [1.165, 1.54) is 4.90 Å². The number of ether oxygens (including phenoxy) is 3. The third kappa shape index (κ3) is 5.43. The number of carbonyl (C=O) groups is 2. The minimum Gasteiger partial charge on any atom is -0.507 e. The van der Waals surface area contributed by atoms with Crippen molar-refractivity contribution in [2.24, 2.45) is 0 Å². The third-order valence-electron chi connectivity index (χ3n) is 6.11. The first-order valence-corrected chi connectivity index (χ1v) is 11.8. The number of carbonyl (C=O) groups excluding carboxylic acids is 2. The number of quaternary nitrogens is 1. The van der Waals surface area contributed by atoms with E-state index in [1.807, 2.05) is 34.0 Å². The van der Waals surface area contributed by atoms with Crippen molar-refractivity contribution in [3.8, 4) is 17.2 Å². The van der Waals surface area contributed by atoms with Gasteiger partial charge in [-0.25, -0.2) is 0 Å². The fourth-order valence-electron chi connectivity index (χ4n) is 4.36. The number of ketones is 1. The number of hydrogen-bond donors (Lipinski definition) is 2. The first-order chi connectivity index (χ1) is 16.7. The molecule has 2 aromatic carbocycles. The molecule has 0 bridgehead atoms. The van der Waals surface area contributed by atoms with E-state index in [9.17, 15) is 14.7 Å². The zero-order valence-electron chi connectivity index (χ0n) is 21.3. The number of rotatable bonds is 10. The molecule has 1 atom stereocenters. The molecule has 1 aliphatic rings. The number of likely N-dealkylation sites (tertiary alicyclic amines) is 1. The van der Waals surface area contributed by atoms with Crippen LogP contribution in [-0.2, 0) is 9.59 Å². The molecular formula is C27H35N2O6+. The molecule has 1 saturated heterocycles. The van der Waals surface area contributed by atoms with E-state index in [0.717, 1.165) is 12.1 Å². The summed E-state index contributed by atoms with van der Waals surface area (Å²) in [6.45, 7) is 5.39. The Morgan fingerprint density at radius 2 is 1.80 bits per heavy atom. The number of methoxy groups -OCH3 is 2. The lowest BCUT2D eigenvalue weighted by Crippen LogP contribution is -3.05. The van der Waals surface area contributed by atoms with Crippen molar-refractivity contribution in [1.29, 1.82) is 0 Å². The Morgan fingerprint density at radius 1 is 1.06 bits per heavy atom. The molecule has 2 N–H and O–H groups in total. The van der Waals surface area contributed by atoms with Crippen LogP contribution in [0.15, 0.2) is 42.0 Å². The van der Waals surface area contributed by atoms with Crippen molar-refractivity contribution in [3.05, 3.63) is 58.7 Å². The normalized spacial score (nSPS) is 17.2. The van der Waals surface area contributed by atoms with Gasteiger partial charge in [-0.05, 0) is 55.3 Å². The maximum absolute atomic E-state index is 13.3. The number of aliphatic hydroxyl groups excluding tert-OH is 1. The molecule has 0 unspecified atom stereocenters. The molecule has 1 heterocycles. The van der Waals surface area contributed by atoms with Gasteiger partial charge in [0.2, 0.25) is 0 Å². The predicted molar refractivity (Wildman–Crippen MR) is 133 cm³/mol. The van der Waals surface area contributed by atoms with E-state index in [1.54, 1.807) is 49.5 Å². The number of hydrogen-bond acceptors (Lipinski definition) is 6. The van der Waals surface area contributed by atoms with Gasteiger partial charge in [-0.1, -0.05) is 6.07 Å². The van der Waals surface area contributed by atoms with Crippen LogP contribution in [0.1, 0.15) is 36.1 Å². The highest BCUT2D eigenvalue weighted by Crippen LogP contribution is 2.42. The monoisotopic (exact) mass is 483 g/mol. The molecule has 188 valence electrons. The Bertz CT molecular complexity index is 1120. The largest absolute Gasteiger partial charge is 0.507 e. The summed E-state index contributed by atoms with van der Waals surface area (Å²) in [5, 5.41) is 11.4. The minimum absolute atomic E-state index is 0.0617. The number of aliphatic hydroxyl groups is 1. The van der Waals surface area contributed by atoms with E-state index in [-0.39, 0.29) is 11.3 Å². The standard InChI is InChI=1S/C27H34N2O6/c1-7-35-21-12-9-18(16-22(21)34-6)24-23(25(30)20-11-10-19(33-5)15-17(20)2)26(31)27(32)29(24)14-8-13-28(3)4/h9-12,15-16,24,30H,7-8,13-14H2,1-6H3/p+1/t24-/m1/s1. The van der Waals surface area contributed by atoms with Crippen LogP contribution >= 0.6 is 0 Å². The van der Waals surface area contributed by atoms with Crippen LogP contribution in [-0.4, -0.2) is 69.7 Å². The van der Waals surface area contributed by atoms with Gasteiger partial charge in [-0.3, -0.25) is 9.59 Å². The van der Waals surface area contributed by atoms with E-state index in [2.05, 4.69) is 0 Å². The molecule has 0 aromatic heterocycles. The zero-order chi connectivity index (χ0) is 25.7. The van der Waals surface area contributed by atoms with Crippen molar-refractivity contribution < 1.29 is 33.8 Å². The lowest BCUT2D eigenvalue weighted by Gasteiger charge is -2.26. The summed E-state index contributed by atoms with van der Waals surface area (Å²) in [5.41, 5.74) is 1.93. The minimum atomic E-state index is -0.752. The molecule has 35 heavy (non-hydrogen) atoms. The van der Waals surface area contributed by atoms with E-state index in [4.69, 9.17) is 14.2 Å². The Kier molecular flexibility index (Phi) is 8.40. The fourth-order valence-corrected chi connectivity index (χ4v) is 4.36. The number of aryl methyl sites for hydroxylation is 1. The maximum atomic E-state index is 13.3. The average molecular weight is 484 g/mol. The van der Waals surface area contributed by atoms with Gasteiger partial charge in [0.15, 0.2) is 11.5 Å². The molecule has 3 rings (SSSR count). The number of nitrogens with zero attached hydrogens (tertiary/aromatic N) is 1. The molecule has 8 heteroatoms. The van der Waals surface area contributed by atoms with Crippen LogP contribution in [0, 0.1) is 6.92 Å². The summed E-state index contributed by atoms with van der Waals surface area (Å²) < 4.78 is 16.4. The molecule has 1 aliphatic heterocycles. The molecule has 1 amide bonds. The Balaban J connectivity index is 2.16. The lowest BCUT2D eigenvalue weighted by atomic mass is 9.93. The fraction of sp³-hybridized carbons (Fsp3) is 0.407. The van der Waals surface area contributed by atoms with E-state index in [0.29, 0.717) is 47.9 Å². The van der Waals surface area contributed by atoms with Gasteiger partial charge in [0.1, 0.15) is 11.5 Å². The van der Waals surface area contributed by atoms with Gasteiger partial charge >= 0.3 is 0 Å². The molecule has 0 spiro atoms. The predicted octanol–water partition coefficient (Wildman–Crippen LogP) is 2.37. The average Bonchev–Trinajstić information content (AvgIpc) is 3.08. The maximum Gasteiger partial charge on any atom is 0.295 e. The summed E-state index contributed by atoms with van der Waals surface area (Å²) in [6.07, 6.45) is 0.710. The van der Waals surface area contributed by atoms with Crippen molar-refractivity contribution in [2.45, 2.75) is 26.3 Å². The van der Waals surface area contributed by atoms with Crippen molar-refractivity contribution >= 4 is 17.4 Å². The van der Waals surface area contributed by atoms with Crippen LogP contribution in [0.5, 0.6) is 17.2 Å². The van der Waals surface area contributed by atoms with Crippen LogP contribution in [0.3, 0.4) is 0 Å². The summed E-state index contributed by atoms with van der Waals surface area (Å²) in [7, 11) is 7.18. The van der Waals surface area contributed by atoms with Crippen molar-refractivity contribution in [2.75, 3.05) is 48.0 Å². The second-order valence-corrected chi connectivity index (χ2v) is 8.83. The topological polar surface area (TPSA) is 89.7 Å². The molecule has 1 fully saturated rings. The van der Waals surface area contributed by atoms with Crippen molar-refractivity contribution in [1.82, 2.24) is 4.90 Å². The van der Waals surface area contributed by atoms with Gasteiger partial charge in [-0.2, -0.15) is 0 Å². The van der Waals surface area contributed by atoms with Crippen LogP contribution in [0.25, 0.3) is 5.76 Å². The second-order valence-electron chi connectivity index (χ2n) is 8.83. The third-order valence-corrected chi connectivity index (χ3v) is 6.11. The SMILES string of the molecule is CCOc1ccc([C@@H]2C(=C(O)c3ccc(OC)cc3C)C(=O)C(=O)N2CCC[NH+](C)C)cc1OC. The van der Waals surface area contributed by atoms with Crippen LogP contribution < -0.4 is 19.1 Å². The smallest absolute Gasteiger partial charge is 0.295 e. The van der Waals surface area contributed by atoms with Gasteiger partial charge in [0.25, 0.3) is 11.7 Å². The molecule has 0 radical (unpaired) electrons. The highest BCUT2D eigenvalue weighted by atomic mass is 16.5. The van der Waals surface area contributed by atoms with E-state index < -0.39 is 17.7 Å². The van der Waals surface area contributed by atoms with Gasteiger partial charge in [-0.15, -0.1) is 0 Å². The van der Waals surface area contributed by atoms with Crippen molar-refractivity contribution in [3.63, 3.8) is 0 Å². The first kappa shape index (κ1) is 26.1. The Morgan fingerprint density at radius 3 is 2.40 bits per heavy atom. The summed E-state index contributed by atoms with van der Waals surface area (Å²) in [4.78, 5) is 29.2. The summed E-state index contributed by atoms with van der Waals surface area (Å²) in [6, 6.07) is 9.77. The molecule has 0 saturated carbocycles. The highest BCUT2D eigenvalue weighted by Gasteiger charge is 2.46. The number of Topliss-reactive ketones (excluding diaryl/α,β-unsaturated/α-hetero) is 1. The molecule has 8 nitrogen and oxygen atoms in total. The zero-order valence-corrected chi connectivity index (χ0v) is 21.3. The van der Waals surface area contributed by atoms with Gasteiger partial charge in [0, 0.05) is 18.5 Å². The van der Waals surface area contributed by atoms with Gasteiger partial charge < -0.3 is 29.1 Å².